The van der Waals surface area contributed by atoms with Crippen molar-refractivity contribution in [2.45, 2.75) is 45.2 Å². The second kappa shape index (κ2) is 9.21. The molecule has 2 amide bonds. The number of hydrogen-bond acceptors (Lipinski definition) is 4. The van der Waals surface area contributed by atoms with Gasteiger partial charge >= 0.3 is 0 Å². The van der Waals surface area contributed by atoms with E-state index in [0.29, 0.717) is 31.9 Å². The Balaban J connectivity index is 1.37. The average molecular weight is 466 g/mol. The van der Waals surface area contributed by atoms with E-state index in [9.17, 15) is 9.59 Å². The zero-order valence-corrected chi connectivity index (χ0v) is 20.1. The highest BCUT2D eigenvalue weighted by Gasteiger charge is 2.35. The largest absolute Gasteiger partial charge is 0.496 e. The predicted molar refractivity (Wildman–Crippen MR) is 131 cm³/mol. The molecule has 0 spiro atoms. The number of ether oxygens (including phenoxy) is 1. The summed E-state index contributed by atoms with van der Waals surface area (Å²) >= 11 is 1.65. The monoisotopic (exact) mass is 465 g/mol. The van der Waals surface area contributed by atoms with Gasteiger partial charge in [0.25, 0.3) is 5.91 Å². The molecule has 0 N–H and O–H groups in total. The van der Waals surface area contributed by atoms with Gasteiger partial charge in [0.05, 0.1) is 13.7 Å². The van der Waals surface area contributed by atoms with E-state index in [1.165, 1.54) is 0 Å². The maximum absolute atomic E-state index is 13.7. The summed E-state index contributed by atoms with van der Waals surface area (Å²) in [6.45, 7) is 4.41. The molecule has 1 saturated heterocycles. The summed E-state index contributed by atoms with van der Waals surface area (Å²) in [6.07, 6.45) is 4.34. The number of nitrogens with zero attached hydrogens (tertiary/aromatic N) is 3. The molecule has 6 nitrogen and oxygen atoms in total. The normalized spacial score (nSPS) is 19.4. The van der Waals surface area contributed by atoms with Crippen LogP contribution in [0.5, 0.6) is 5.75 Å². The molecule has 2 aliphatic rings. The van der Waals surface area contributed by atoms with Gasteiger partial charge in [-0.15, -0.1) is 11.3 Å². The summed E-state index contributed by atoms with van der Waals surface area (Å²) in [5, 5.41) is 3.15. The van der Waals surface area contributed by atoms with Crippen molar-refractivity contribution in [3.05, 3.63) is 53.0 Å². The van der Waals surface area contributed by atoms with Crippen LogP contribution in [0.4, 0.5) is 0 Å². The zero-order valence-electron chi connectivity index (χ0n) is 19.3. The molecule has 174 valence electrons. The fourth-order valence-corrected chi connectivity index (χ4v) is 6.25. The highest BCUT2D eigenvalue weighted by atomic mass is 32.1. The molecule has 33 heavy (non-hydrogen) atoms. The van der Waals surface area contributed by atoms with Crippen molar-refractivity contribution >= 4 is 33.4 Å². The zero-order chi connectivity index (χ0) is 22.9. The Morgan fingerprint density at radius 3 is 2.67 bits per heavy atom. The van der Waals surface area contributed by atoms with Crippen molar-refractivity contribution in [2.75, 3.05) is 26.7 Å². The first-order valence-corrected chi connectivity index (χ1v) is 12.7. The Kier molecular flexibility index (Phi) is 6.15. The number of para-hydroxylation sites is 1. The Labute approximate surface area is 198 Å². The number of fused-ring (bicyclic) bond motifs is 1. The van der Waals surface area contributed by atoms with Crippen LogP contribution in [0.15, 0.2) is 41.8 Å². The molecule has 3 aromatic rings. The number of amides is 2. The number of benzene rings is 1. The first-order chi connectivity index (χ1) is 16.1. The molecule has 1 aromatic carbocycles. The van der Waals surface area contributed by atoms with E-state index < -0.39 is 0 Å². The molecule has 7 heteroatoms. The third kappa shape index (κ3) is 4.14. The van der Waals surface area contributed by atoms with Gasteiger partial charge in [0.15, 0.2) is 0 Å². The molecule has 1 aliphatic carbocycles. The number of hydrogen-bond donors (Lipinski definition) is 0. The van der Waals surface area contributed by atoms with Crippen molar-refractivity contribution in [1.29, 1.82) is 0 Å². The lowest BCUT2D eigenvalue weighted by Crippen LogP contribution is -2.56. The highest BCUT2D eigenvalue weighted by Crippen LogP contribution is 2.31. The molecule has 5 rings (SSSR count). The Bertz CT molecular complexity index is 1160. The second-order valence-electron chi connectivity index (χ2n) is 9.22. The maximum Gasteiger partial charge on any atom is 0.270 e. The second-order valence-corrected chi connectivity index (χ2v) is 10.1. The van der Waals surface area contributed by atoms with Crippen molar-refractivity contribution in [3.8, 4) is 5.75 Å². The van der Waals surface area contributed by atoms with E-state index >= 15 is 0 Å². The lowest BCUT2D eigenvalue weighted by atomic mass is 10.0. The highest BCUT2D eigenvalue weighted by molar-refractivity contribution is 7.16. The van der Waals surface area contributed by atoms with Gasteiger partial charge in [0.1, 0.15) is 16.3 Å². The van der Waals surface area contributed by atoms with E-state index in [2.05, 4.69) is 22.9 Å². The fourth-order valence-electron chi connectivity index (χ4n) is 5.35. The van der Waals surface area contributed by atoms with Crippen molar-refractivity contribution in [2.24, 2.45) is 5.92 Å². The first-order valence-electron chi connectivity index (χ1n) is 11.8. The number of aromatic nitrogens is 1. The van der Waals surface area contributed by atoms with E-state index in [1.54, 1.807) is 18.4 Å². The van der Waals surface area contributed by atoms with Crippen LogP contribution in [0, 0.1) is 5.92 Å². The summed E-state index contributed by atoms with van der Waals surface area (Å²) in [7, 11) is 1.68. The smallest absolute Gasteiger partial charge is 0.270 e. The quantitative estimate of drug-likeness (QED) is 0.552. The molecule has 2 aromatic heterocycles. The van der Waals surface area contributed by atoms with Gasteiger partial charge in [-0.3, -0.25) is 9.59 Å². The van der Waals surface area contributed by atoms with Crippen LogP contribution >= 0.6 is 11.3 Å². The number of methoxy groups -OCH3 is 1. The van der Waals surface area contributed by atoms with Gasteiger partial charge in [0, 0.05) is 42.5 Å². The lowest BCUT2D eigenvalue weighted by molar-refractivity contribution is -0.139. The number of rotatable bonds is 5. The number of thiophene rings is 1. The van der Waals surface area contributed by atoms with Crippen molar-refractivity contribution in [3.63, 3.8) is 0 Å². The van der Waals surface area contributed by atoms with E-state index in [1.807, 2.05) is 40.1 Å². The SMILES string of the molecule is COc1ccccc1Cn1c(C(=O)N2CCN(C(=O)C3CCCC3)[C@H](C)C2)cc2ccsc21. The molecule has 1 atom stereocenters. The molecular weight excluding hydrogens is 434 g/mol. The molecule has 1 aliphatic heterocycles. The lowest BCUT2D eigenvalue weighted by Gasteiger charge is -2.41. The number of carbonyl (C=O) groups is 2. The predicted octanol–water partition coefficient (Wildman–Crippen LogP) is 4.62. The van der Waals surface area contributed by atoms with Gasteiger partial charge in [-0.2, -0.15) is 0 Å². The third-order valence-electron chi connectivity index (χ3n) is 7.14. The molecule has 2 fully saturated rings. The summed E-state index contributed by atoms with van der Waals surface area (Å²) in [5.74, 6) is 1.32. The fraction of sp³-hybridized carbons (Fsp3) is 0.462. The molecular formula is C26H31N3O3S. The van der Waals surface area contributed by atoms with Crippen LogP contribution in [-0.2, 0) is 11.3 Å². The summed E-state index contributed by atoms with van der Waals surface area (Å²) in [4.78, 5) is 31.7. The molecule has 0 unspecified atom stereocenters. The molecule has 0 radical (unpaired) electrons. The van der Waals surface area contributed by atoms with E-state index in [-0.39, 0.29) is 23.8 Å². The maximum atomic E-state index is 13.7. The topological polar surface area (TPSA) is 54.8 Å². The molecule has 1 saturated carbocycles. The van der Waals surface area contributed by atoms with Crippen LogP contribution in [0.3, 0.4) is 0 Å². The minimum absolute atomic E-state index is 0.0353. The Hall–Kier alpha value is -2.80. The molecule has 0 bridgehead atoms. The van der Waals surface area contributed by atoms with Gasteiger partial charge in [-0.25, -0.2) is 0 Å². The minimum atomic E-state index is 0.0353. The summed E-state index contributed by atoms with van der Waals surface area (Å²) < 4.78 is 7.66. The van der Waals surface area contributed by atoms with E-state index in [0.717, 1.165) is 47.2 Å². The van der Waals surface area contributed by atoms with Crippen LogP contribution in [0.25, 0.3) is 10.2 Å². The van der Waals surface area contributed by atoms with Gasteiger partial charge in [0.2, 0.25) is 5.91 Å². The molecule has 3 heterocycles. The first kappa shape index (κ1) is 22.0. The van der Waals surface area contributed by atoms with Gasteiger partial charge < -0.3 is 19.1 Å². The van der Waals surface area contributed by atoms with Crippen LogP contribution < -0.4 is 4.74 Å². The van der Waals surface area contributed by atoms with Crippen LogP contribution in [-0.4, -0.2) is 59.0 Å². The third-order valence-corrected chi connectivity index (χ3v) is 8.10. The number of carbonyl (C=O) groups excluding carboxylic acids is 2. The van der Waals surface area contributed by atoms with Crippen LogP contribution in [0.1, 0.15) is 48.7 Å². The number of piperazine rings is 1. The van der Waals surface area contributed by atoms with Crippen LogP contribution in [0.2, 0.25) is 0 Å². The standard InChI is InChI=1S/C26H31N3O3S/c1-18-16-27(12-13-28(18)24(30)19-7-3-4-8-19)25(31)22-15-20-11-14-33-26(20)29(22)17-21-9-5-6-10-23(21)32-2/h5-6,9-11,14-15,18-19H,3-4,7-8,12-13,16-17H2,1-2H3/t18-/m1/s1. The minimum Gasteiger partial charge on any atom is -0.496 e. The van der Waals surface area contributed by atoms with Crippen molar-refractivity contribution in [1.82, 2.24) is 14.4 Å². The van der Waals surface area contributed by atoms with E-state index in [4.69, 9.17) is 4.74 Å². The Morgan fingerprint density at radius 1 is 1.12 bits per heavy atom. The Morgan fingerprint density at radius 2 is 1.91 bits per heavy atom. The van der Waals surface area contributed by atoms with Gasteiger partial charge in [-0.1, -0.05) is 31.0 Å². The average Bonchev–Trinajstić information content (AvgIpc) is 3.58. The summed E-state index contributed by atoms with van der Waals surface area (Å²) in [5.41, 5.74) is 1.74. The summed E-state index contributed by atoms with van der Waals surface area (Å²) in [6, 6.07) is 12.1. The van der Waals surface area contributed by atoms with Gasteiger partial charge in [-0.05, 0) is 43.3 Å². The van der Waals surface area contributed by atoms with Crippen molar-refractivity contribution < 1.29 is 14.3 Å².